The fourth-order valence-corrected chi connectivity index (χ4v) is 1.71. The van der Waals surface area contributed by atoms with Gasteiger partial charge in [-0.3, -0.25) is 0 Å². The number of H-pyrrole nitrogens is 1. The first-order valence-corrected chi connectivity index (χ1v) is 5.11. The van der Waals surface area contributed by atoms with Gasteiger partial charge in [0, 0.05) is 11.6 Å². The summed E-state index contributed by atoms with van der Waals surface area (Å²) in [4.78, 5) is 6.64. The summed E-state index contributed by atoms with van der Waals surface area (Å²) in [5, 5.41) is 0. The summed E-state index contributed by atoms with van der Waals surface area (Å²) >= 11 is 4.87. The molecule has 6 heteroatoms. The molecule has 2 aromatic rings. The van der Waals surface area contributed by atoms with Crippen molar-refractivity contribution in [2.75, 3.05) is 0 Å². The maximum atomic E-state index is 13.5. The predicted molar refractivity (Wildman–Crippen MR) is 59.5 cm³/mol. The lowest BCUT2D eigenvalue weighted by Gasteiger charge is -2.05. The van der Waals surface area contributed by atoms with E-state index in [2.05, 4.69) is 9.97 Å². The van der Waals surface area contributed by atoms with Crippen LogP contribution in [-0.4, -0.2) is 9.97 Å². The second-order valence-corrected chi connectivity index (χ2v) is 3.88. The summed E-state index contributed by atoms with van der Waals surface area (Å²) in [6.45, 7) is 1.64. The normalized spacial score (nSPS) is 10.6. The minimum absolute atomic E-state index is 0.0829. The molecule has 1 aromatic heterocycles. The Bertz CT molecular complexity index is 637. The van der Waals surface area contributed by atoms with Crippen molar-refractivity contribution >= 4 is 12.2 Å². The van der Waals surface area contributed by atoms with Crippen LogP contribution in [0.4, 0.5) is 13.2 Å². The van der Waals surface area contributed by atoms with Gasteiger partial charge in [-0.2, -0.15) is 0 Å². The van der Waals surface area contributed by atoms with E-state index in [9.17, 15) is 13.2 Å². The SMILES string of the molecule is Cc1nc(=S)cc(-c2cc(F)c(F)cc2F)[nH]1. The van der Waals surface area contributed by atoms with E-state index in [-0.39, 0.29) is 15.9 Å². The zero-order valence-corrected chi connectivity index (χ0v) is 9.54. The van der Waals surface area contributed by atoms with E-state index in [0.717, 1.165) is 6.07 Å². The van der Waals surface area contributed by atoms with Gasteiger partial charge in [-0.05, 0) is 19.1 Å². The smallest absolute Gasteiger partial charge is 0.161 e. The third-order valence-electron chi connectivity index (χ3n) is 2.16. The summed E-state index contributed by atoms with van der Waals surface area (Å²) < 4.78 is 39.6. The predicted octanol–water partition coefficient (Wildman–Crippen LogP) is 3.53. The summed E-state index contributed by atoms with van der Waals surface area (Å²) in [5.41, 5.74) is 0.180. The zero-order valence-electron chi connectivity index (χ0n) is 8.72. The molecule has 0 aliphatic rings. The van der Waals surface area contributed by atoms with Crippen molar-refractivity contribution in [1.82, 2.24) is 9.97 Å². The lowest BCUT2D eigenvalue weighted by molar-refractivity contribution is 0.496. The summed E-state index contributed by atoms with van der Waals surface area (Å²) in [6, 6.07) is 2.67. The standard InChI is InChI=1S/C11H7F3N2S/c1-5-15-10(4-11(17)16-5)6-2-8(13)9(14)3-7(6)12/h2-4H,1H3,(H,15,16,17). The Morgan fingerprint density at radius 3 is 2.35 bits per heavy atom. The summed E-state index contributed by atoms with van der Waals surface area (Å²) in [5.74, 6) is -2.73. The number of hydrogen-bond acceptors (Lipinski definition) is 2. The zero-order chi connectivity index (χ0) is 12.6. The third kappa shape index (κ3) is 2.36. The molecular weight excluding hydrogens is 249 g/mol. The molecule has 17 heavy (non-hydrogen) atoms. The first-order chi connectivity index (χ1) is 7.97. The highest BCUT2D eigenvalue weighted by molar-refractivity contribution is 7.71. The molecule has 0 bridgehead atoms. The molecule has 1 aromatic carbocycles. The van der Waals surface area contributed by atoms with Crippen molar-refractivity contribution in [3.63, 3.8) is 0 Å². The van der Waals surface area contributed by atoms with Gasteiger partial charge in [0.05, 0.1) is 5.69 Å². The number of aromatic nitrogens is 2. The van der Waals surface area contributed by atoms with E-state index >= 15 is 0 Å². The van der Waals surface area contributed by atoms with E-state index in [1.165, 1.54) is 6.07 Å². The van der Waals surface area contributed by atoms with E-state index in [1.807, 2.05) is 0 Å². The average Bonchev–Trinajstić information content (AvgIpc) is 2.22. The largest absolute Gasteiger partial charge is 0.343 e. The summed E-state index contributed by atoms with van der Waals surface area (Å²) in [6.07, 6.45) is 0. The molecule has 0 fully saturated rings. The molecule has 0 unspecified atom stereocenters. The molecule has 0 atom stereocenters. The Labute approximate surface area is 100 Å². The van der Waals surface area contributed by atoms with Crippen molar-refractivity contribution in [3.05, 3.63) is 46.1 Å². The molecular formula is C11H7F3N2S. The van der Waals surface area contributed by atoms with Crippen LogP contribution in [0.2, 0.25) is 0 Å². The van der Waals surface area contributed by atoms with Crippen molar-refractivity contribution < 1.29 is 13.2 Å². The molecule has 0 saturated heterocycles. The number of nitrogens with zero attached hydrogens (tertiary/aromatic N) is 1. The van der Waals surface area contributed by atoms with Gasteiger partial charge in [-0.1, -0.05) is 12.2 Å². The lowest BCUT2D eigenvalue weighted by Crippen LogP contribution is -1.96. The van der Waals surface area contributed by atoms with Crippen LogP contribution in [0, 0.1) is 29.0 Å². The molecule has 0 radical (unpaired) electrons. The number of benzene rings is 1. The topological polar surface area (TPSA) is 28.7 Å². The first-order valence-electron chi connectivity index (χ1n) is 4.70. The van der Waals surface area contributed by atoms with Gasteiger partial charge in [-0.25, -0.2) is 18.2 Å². The quantitative estimate of drug-likeness (QED) is 0.624. The number of rotatable bonds is 1. The van der Waals surface area contributed by atoms with Crippen molar-refractivity contribution in [2.24, 2.45) is 0 Å². The molecule has 0 spiro atoms. The molecule has 0 aliphatic heterocycles. The Morgan fingerprint density at radius 2 is 1.71 bits per heavy atom. The molecule has 1 N–H and O–H groups in total. The number of nitrogens with one attached hydrogen (secondary N) is 1. The minimum atomic E-state index is -1.23. The van der Waals surface area contributed by atoms with Crippen LogP contribution in [0.25, 0.3) is 11.3 Å². The van der Waals surface area contributed by atoms with Crippen LogP contribution in [0.3, 0.4) is 0 Å². The highest BCUT2D eigenvalue weighted by atomic mass is 32.1. The van der Waals surface area contributed by atoms with Crippen molar-refractivity contribution in [1.29, 1.82) is 0 Å². The van der Waals surface area contributed by atoms with Crippen LogP contribution in [0.5, 0.6) is 0 Å². The monoisotopic (exact) mass is 256 g/mol. The van der Waals surface area contributed by atoms with Crippen molar-refractivity contribution in [3.8, 4) is 11.3 Å². The van der Waals surface area contributed by atoms with Gasteiger partial charge in [0.15, 0.2) is 11.6 Å². The van der Waals surface area contributed by atoms with Crippen LogP contribution in [0.1, 0.15) is 5.82 Å². The second-order valence-electron chi connectivity index (χ2n) is 3.46. The van der Waals surface area contributed by atoms with E-state index in [4.69, 9.17) is 12.2 Å². The van der Waals surface area contributed by atoms with Gasteiger partial charge in [-0.15, -0.1) is 0 Å². The van der Waals surface area contributed by atoms with Gasteiger partial charge in [0.25, 0.3) is 0 Å². The van der Waals surface area contributed by atoms with Gasteiger partial charge in [0.1, 0.15) is 16.3 Å². The second kappa shape index (κ2) is 4.29. The average molecular weight is 256 g/mol. The highest BCUT2D eigenvalue weighted by Gasteiger charge is 2.12. The number of hydrogen-bond donors (Lipinski definition) is 1. The number of halogens is 3. The van der Waals surface area contributed by atoms with Crippen LogP contribution < -0.4 is 0 Å². The highest BCUT2D eigenvalue weighted by Crippen LogP contribution is 2.23. The van der Waals surface area contributed by atoms with Gasteiger partial charge in [0.2, 0.25) is 0 Å². The number of aryl methyl sites for hydroxylation is 1. The fraction of sp³-hybridized carbons (Fsp3) is 0.0909. The molecule has 1 heterocycles. The van der Waals surface area contributed by atoms with E-state index in [0.29, 0.717) is 11.9 Å². The molecule has 0 amide bonds. The van der Waals surface area contributed by atoms with E-state index in [1.54, 1.807) is 6.92 Å². The maximum Gasteiger partial charge on any atom is 0.161 e. The van der Waals surface area contributed by atoms with Crippen molar-refractivity contribution in [2.45, 2.75) is 6.92 Å². The maximum absolute atomic E-state index is 13.5. The molecule has 0 saturated carbocycles. The van der Waals surface area contributed by atoms with Crippen LogP contribution >= 0.6 is 12.2 Å². The van der Waals surface area contributed by atoms with E-state index < -0.39 is 17.5 Å². The number of aromatic amines is 1. The van der Waals surface area contributed by atoms with Crippen LogP contribution in [0.15, 0.2) is 18.2 Å². The van der Waals surface area contributed by atoms with Crippen LogP contribution in [-0.2, 0) is 0 Å². The molecule has 0 aliphatic carbocycles. The Morgan fingerprint density at radius 1 is 1.06 bits per heavy atom. The molecule has 2 rings (SSSR count). The van der Waals surface area contributed by atoms with Gasteiger partial charge < -0.3 is 4.98 Å². The first kappa shape index (κ1) is 11.8. The summed E-state index contributed by atoms with van der Waals surface area (Å²) in [7, 11) is 0. The lowest BCUT2D eigenvalue weighted by atomic mass is 10.1. The Hall–Kier alpha value is -1.69. The third-order valence-corrected chi connectivity index (χ3v) is 2.37. The van der Waals surface area contributed by atoms with Gasteiger partial charge >= 0.3 is 0 Å². The molecule has 2 nitrogen and oxygen atoms in total. The Balaban J connectivity index is 2.68. The Kier molecular flexibility index (Phi) is 2.97. The molecule has 88 valence electrons. The minimum Gasteiger partial charge on any atom is -0.343 e. The fourth-order valence-electron chi connectivity index (χ4n) is 1.45.